The Balaban J connectivity index is 1.93. The number of hydrogen-bond donors (Lipinski definition) is 0. The summed E-state index contributed by atoms with van der Waals surface area (Å²) in [4.78, 5) is 17.9. The molecule has 0 radical (unpaired) electrons. The van der Waals surface area contributed by atoms with E-state index in [9.17, 15) is 4.79 Å². The summed E-state index contributed by atoms with van der Waals surface area (Å²) in [7, 11) is 3.39. The minimum absolute atomic E-state index is 0.180. The van der Waals surface area contributed by atoms with Gasteiger partial charge in [-0.1, -0.05) is 29.8 Å². The molecule has 0 N–H and O–H groups in total. The normalized spacial score (nSPS) is 10.9. The van der Waals surface area contributed by atoms with E-state index >= 15 is 0 Å². The molecule has 0 fully saturated rings. The van der Waals surface area contributed by atoms with Gasteiger partial charge in [-0.3, -0.25) is 9.69 Å². The highest BCUT2D eigenvalue weighted by atomic mass is 32.1. The number of methoxy groups -OCH3 is 1. The van der Waals surface area contributed by atoms with Crippen LogP contribution in [0.3, 0.4) is 0 Å². The van der Waals surface area contributed by atoms with Crippen LogP contribution >= 0.6 is 11.3 Å². The zero-order valence-corrected chi connectivity index (χ0v) is 13.4. The van der Waals surface area contributed by atoms with Crippen molar-refractivity contribution in [2.24, 2.45) is 0 Å². The second kappa shape index (κ2) is 7.33. The van der Waals surface area contributed by atoms with Gasteiger partial charge in [0.15, 0.2) is 0 Å². The van der Waals surface area contributed by atoms with Crippen LogP contribution in [0.25, 0.3) is 10.6 Å². The highest BCUT2D eigenvalue weighted by molar-refractivity contribution is 7.13. The van der Waals surface area contributed by atoms with Crippen molar-refractivity contribution in [2.75, 3.05) is 20.7 Å². The molecule has 0 unspecified atom stereocenters. The summed E-state index contributed by atoms with van der Waals surface area (Å²) >= 11 is 1.65. The molecular weight excluding hydrogens is 284 g/mol. The van der Waals surface area contributed by atoms with Crippen LogP contribution in [0.1, 0.15) is 17.7 Å². The lowest BCUT2D eigenvalue weighted by Crippen LogP contribution is -2.22. The van der Waals surface area contributed by atoms with E-state index in [0.29, 0.717) is 13.0 Å². The van der Waals surface area contributed by atoms with Gasteiger partial charge in [-0.25, -0.2) is 4.98 Å². The van der Waals surface area contributed by atoms with Gasteiger partial charge >= 0.3 is 5.97 Å². The summed E-state index contributed by atoms with van der Waals surface area (Å²) < 4.78 is 4.64. The predicted octanol–water partition coefficient (Wildman–Crippen LogP) is 3.11. The van der Waals surface area contributed by atoms with Gasteiger partial charge in [0, 0.05) is 24.0 Å². The van der Waals surface area contributed by atoms with Crippen molar-refractivity contribution in [1.29, 1.82) is 0 Å². The fourth-order valence-corrected chi connectivity index (χ4v) is 2.77. The number of carbonyl (C=O) groups is 1. The van der Waals surface area contributed by atoms with E-state index < -0.39 is 0 Å². The molecule has 2 aromatic rings. The van der Waals surface area contributed by atoms with Crippen molar-refractivity contribution in [3.8, 4) is 10.6 Å². The Hall–Kier alpha value is -1.72. The number of rotatable bonds is 6. The SMILES string of the molecule is COC(=O)CCN(C)Cc1csc(-c2ccc(C)cc2)n1. The summed E-state index contributed by atoms with van der Waals surface area (Å²) in [5.74, 6) is -0.180. The Morgan fingerprint density at radius 3 is 2.71 bits per heavy atom. The van der Waals surface area contributed by atoms with E-state index in [0.717, 1.165) is 22.8 Å². The predicted molar refractivity (Wildman–Crippen MR) is 85.3 cm³/mol. The largest absolute Gasteiger partial charge is 0.469 e. The number of benzene rings is 1. The van der Waals surface area contributed by atoms with Gasteiger partial charge in [0.25, 0.3) is 0 Å². The Bertz CT molecular complexity index is 593. The number of esters is 1. The summed E-state index contributed by atoms with van der Waals surface area (Å²) in [6, 6.07) is 8.38. The van der Waals surface area contributed by atoms with Crippen LogP contribution in [0.4, 0.5) is 0 Å². The number of hydrogen-bond acceptors (Lipinski definition) is 5. The van der Waals surface area contributed by atoms with Gasteiger partial charge in [0.1, 0.15) is 5.01 Å². The summed E-state index contributed by atoms with van der Waals surface area (Å²) in [6.07, 6.45) is 0.405. The smallest absolute Gasteiger partial charge is 0.306 e. The molecule has 0 atom stereocenters. The molecule has 0 amide bonds. The molecule has 21 heavy (non-hydrogen) atoms. The number of aryl methyl sites for hydroxylation is 1. The number of thiazole rings is 1. The second-order valence-corrected chi connectivity index (χ2v) is 5.93. The standard InChI is InChI=1S/C16H20N2O2S/c1-12-4-6-13(7-5-12)16-17-14(11-21-16)10-18(2)9-8-15(19)20-3/h4-7,11H,8-10H2,1-3H3. The summed E-state index contributed by atoms with van der Waals surface area (Å²) in [6.45, 7) is 3.48. The maximum atomic E-state index is 11.1. The molecule has 1 aromatic heterocycles. The lowest BCUT2D eigenvalue weighted by atomic mass is 10.2. The molecule has 0 bridgehead atoms. The molecule has 1 heterocycles. The van der Waals surface area contributed by atoms with Crippen LogP contribution < -0.4 is 0 Å². The second-order valence-electron chi connectivity index (χ2n) is 5.07. The van der Waals surface area contributed by atoms with E-state index in [4.69, 9.17) is 0 Å². The van der Waals surface area contributed by atoms with Crippen molar-refractivity contribution in [2.45, 2.75) is 19.9 Å². The molecular formula is C16H20N2O2S. The molecule has 0 aliphatic heterocycles. The first-order chi connectivity index (χ1) is 10.1. The van der Waals surface area contributed by atoms with Crippen LogP contribution in [0.2, 0.25) is 0 Å². The van der Waals surface area contributed by atoms with Crippen molar-refractivity contribution >= 4 is 17.3 Å². The van der Waals surface area contributed by atoms with Crippen molar-refractivity contribution in [3.05, 3.63) is 40.9 Å². The molecule has 5 heteroatoms. The third kappa shape index (κ3) is 4.65. The third-order valence-corrected chi connectivity index (χ3v) is 4.15. The molecule has 0 saturated carbocycles. The average molecular weight is 304 g/mol. The number of aromatic nitrogens is 1. The van der Waals surface area contributed by atoms with Gasteiger partial charge < -0.3 is 4.74 Å². The van der Waals surface area contributed by atoms with Gasteiger partial charge in [-0.15, -0.1) is 11.3 Å². The van der Waals surface area contributed by atoms with Crippen molar-refractivity contribution < 1.29 is 9.53 Å². The highest BCUT2D eigenvalue weighted by Crippen LogP contribution is 2.24. The maximum Gasteiger partial charge on any atom is 0.306 e. The van der Waals surface area contributed by atoms with Gasteiger partial charge in [0.2, 0.25) is 0 Å². The molecule has 1 aromatic carbocycles. The molecule has 112 valence electrons. The molecule has 0 aliphatic carbocycles. The summed E-state index contributed by atoms with van der Waals surface area (Å²) in [5.41, 5.74) is 3.43. The maximum absolute atomic E-state index is 11.1. The number of carbonyl (C=O) groups excluding carboxylic acids is 1. The van der Waals surface area contributed by atoms with Gasteiger partial charge in [0.05, 0.1) is 19.2 Å². The quantitative estimate of drug-likeness (QED) is 0.769. The van der Waals surface area contributed by atoms with Crippen LogP contribution in [0.5, 0.6) is 0 Å². The van der Waals surface area contributed by atoms with Crippen molar-refractivity contribution in [3.63, 3.8) is 0 Å². The van der Waals surface area contributed by atoms with E-state index in [1.165, 1.54) is 12.7 Å². The number of nitrogens with zero attached hydrogens (tertiary/aromatic N) is 2. The Kier molecular flexibility index (Phi) is 5.47. The first kappa shape index (κ1) is 15.7. The van der Waals surface area contributed by atoms with Crippen LogP contribution in [0.15, 0.2) is 29.6 Å². The lowest BCUT2D eigenvalue weighted by molar-refractivity contribution is -0.140. The zero-order valence-electron chi connectivity index (χ0n) is 12.6. The van der Waals surface area contributed by atoms with Crippen LogP contribution in [0, 0.1) is 6.92 Å². The van der Waals surface area contributed by atoms with E-state index in [1.807, 2.05) is 7.05 Å². The Morgan fingerprint density at radius 2 is 2.05 bits per heavy atom. The average Bonchev–Trinajstić information content (AvgIpc) is 2.94. The van der Waals surface area contributed by atoms with Crippen LogP contribution in [-0.4, -0.2) is 36.6 Å². The van der Waals surface area contributed by atoms with Crippen LogP contribution in [-0.2, 0) is 16.1 Å². The fraction of sp³-hybridized carbons (Fsp3) is 0.375. The minimum Gasteiger partial charge on any atom is -0.469 e. The molecule has 2 rings (SSSR count). The molecule has 0 saturated heterocycles. The van der Waals surface area contributed by atoms with Crippen molar-refractivity contribution in [1.82, 2.24) is 9.88 Å². The molecule has 0 aliphatic rings. The van der Waals surface area contributed by atoms with E-state index in [-0.39, 0.29) is 5.97 Å². The fourth-order valence-electron chi connectivity index (χ4n) is 1.95. The zero-order chi connectivity index (χ0) is 15.2. The van der Waals surface area contributed by atoms with E-state index in [1.54, 1.807) is 11.3 Å². The highest BCUT2D eigenvalue weighted by Gasteiger charge is 2.09. The monoisotopic (exact) mass is 304 g/mol. The first-order valence-electron chi connectivity index (χ1n) is 6.85. The summed E-state index contributed by atoms with van der Waals surface area (Å²) in [5, 5.41) is 3.11. The lowest BCUT2D eigenvalue weighted by Gasteiger charge is -2.13. The van der Waals surface area contributed by atoms with Gasteiger partial charge in [-0.2, -0.15) is 0 Å². The topological polar surface area (TPSA) is 42.4 Å². The first-order valence-corrected chi connectivity index (χ1v) is 7.73. The molecule has 4 nitrogen and oxygen atoms in total. The van der Waals surface area contributed by atoms with E-state index in [2.05, 4.69) is 51.2 Å². The Morgan fingerprint density at radius 1 is 1.33 bits per heavy atom. The third-order valence-electron chi connectivity index (χ3n) is 3.21. The minimum atomic E-state index is -0.180. The number of ether oxygens (including phenoxy) is 1. The molecule has 0 spiro atoms. The Labute approximate surface area is 129 Å². The van der Waals surface area contributed by atoms with Gasteiger partial charge in [-0.05, 0) is 14.0 Å².